The minimum atomic E-state index is 0.174. The van der Waals surface area contributed by atoms with Crippen LogP contribution >= 0.6 is 22.7 Å². The van der Waals surface area contributed by atoms with Crippen LogP contribution in [0.3, 0.4) is 0 Å². The lowest BCUT2D eigenvalue weighted by Gasteiger charge is -2.15. The monoisotopic (exact) mass is 287 g/mol. The second kappa shape index (κ2) is 4.37. The molecule has 1 aliphatic rings. The number of nitrogens with zero attached hydrogens (tertiary/aromatic N) is 2. The minimum Gasteiger partial charge on any atom is -0.323 e. The van der Waals surface area contributed by atoms with E-state index in [1.807, 2.05) is 12.3 Å². The van der Waals surface area contributed by atoms with Gasteiger partial charge in [0.25, 0.3) is 0 Å². The zero-order valence-corrected chi connectivity index (χ0v) is 11.9. The van der Waals surface area contributed by atoms with Gasteiger partial charge in [0.05, 0.1) is 15.9 Å². The number of hydrogen-bond acceptors (Lipinski definition) is 5. The summed E-state index contributed by atoms with van der Waals surface area (Å²) in [7, 11) is 0. The highest BCUT2D eigenvalue weighted by atomic mass is 32.1. The van der Waals surface area contributed by atoms with Crippen molar-refractivity contribution in [2.24, 2.45) is 5.73 Å². The summed E-state index contributed by atoms with van der Waals surface area (Å²) in [6, 6.07) is 4.41. The lowest BCUT2D eigenvalue weighted by Crippen LogP contribution is -2.15. The zero-order valence-electron chi connectivity index (χ0n) is 10.3. The largest absolute Gasteiger partial charge is 0.323 e. The van der Waals surface area contributed by atoms with E-state index in [4.69, 9.17) is 10.7 Å². The lowest BCUT2D eigenvalue weighted by molar-refractivity contribution is 0.573. The number of aryl methyl sites for hydroxylation is 1. The number of hydrogen-bond donors (Lipinski definition) is 1. The molecule has 0 aliphatic heterocycles. The SMILES string of the molecule is NC1CCCc2nc(-c3cnc4ccsc4c3)sc21. The van der Waals surface area contributed by atoms with Gasteiger partial charge in [-0.05, 0) is 36.8 Å². The fraction of sp³-hybridized carbons (Fsp3) is 0.286. The Kier molecular flexibility index (Phi) is 2.65. The molecule has 96 valence electrons. The van der Waals surface area contributed by atoms with E-state index in [0.717, 1.165) is 35.4 Å². The number of aromatic nitrogens is 2. The Hall–Kier alpha value is -1.30. The molecule has 2 N–H and O–H groups in total. The molecule has 0 bridgehead atoms. The Morgan fingerprint density at radius 3 is 3.21 bits per heavy atom. The number of pyridine rings is 1. The quantitative estimate of drug-likeness (QED) is 0.741. The van der Waals surface area contributed by atoms with Gasteiger partial charge in [-0.15, -0.1) is 22.7 Å². The first kappa shape index (κ1) is 11.5. The van der Waals surface area contributed by atoms with Crippen molar-refractivity contribution in [2.45, 2.75) is 25.3 Å². The molecule has 0 amide bonds. The first-order chi connectivity index (χ1) is 9.31. The maximum absolute atomic E-state index is 6.17. The van der Waals surface area contributed by atoms with Crippen LogP contribution in [0.2, 0.25) is 0 Å². The maximum atomic E-state index is 6.17. The zero-order chi connectivity index (χ0) is 12.8. The van der Waals surface area contributed by atoms with E-state index in [-0.39, 0.29) is 6.04 Å². The minimum absolute atomic E-state index is 0.174. The number of thiophene rings is 1. The third-order valence-corrected chi connectivity index (χ3v) is 5.67. The average molecular weight is 287 g/mol. The summed E-state index contributed by atoms with van der Waals surface area (Å²) in [5.41, 5.74) is 9.54. The second-order valence-electron chi connectivity index (χ2n) is 4.86. The first-order valence-electron chi connectivity index (χ1n) is 6.40. The van der Waals surface area contributed by atoms with E-state index < -0.39 is 0 Å². The Labute approximate surface area is 119 Å². The van der Waals surface area contributed by atoms with Gasteiger partial charge >= 0.3 is 0 Å². The first-order valence-corrected chi connectivity index (χ1v) is 8.10. The molecule has 1 atom stereocenters. The molecule has 3 nitrogen and oxygen atoms in total. The third kappa shape index (κ3) is 1.89. The lowest BCUT2D eigenvalue weighted by atomic mass is 9.99. The van der Waals surface area contributed by atoms with Gasteiger partial charge in [-0.3, -0.25) is 4.98 Å². The molecule has 3 aromatic heterocycles. The van der Waals surface area contributed by atoms with E-state index in [1.54, 1.807) is 22.7 Å². The van der Waals surface area contributed by atoms with Crippen LogP contribution in [-0.2, 0) is 6.42 Å². The van der Waals surface area contributed by atoms with Gasteiger partial charge in [-0.2, -0.15) is 0 Å². The molecule has 3 aromatic rings. The van der Waals surface area contributed by atoms with Gasteiger partial charge in [0, 0.05) is 22.7 Å². The van der Waals surface area contributed by atoms with Crippen molar-refractivity contribution in [3.63, 3.8) is 0 Å². The molecule has 0 aromatic carbocycles. The third-order valence-electron chi connectivity index (χ3n) is 3.54. The van der Waals surface area contributed by atoms with Crippen LogP contribution in [0.25, 0.3) is 20.8 Å². The molecule has 0 spiro atoms. The summed E-state index contributed by atoms with van der Waals surface area (Å²) >= 11 is 3.46. The van der Waals surface area contributed by atoms with E-state index in [9.17, 15) is 0 Å². The molecule has 0 fully saturated rings. The van der Waals surface area contributed by atoms with Gasteiger partial charge < -0.3 is 5.73 Å². The summed E-state index contributed by atoms with van der Waals surface area (Å²) in [5.74, 6) is 0. The summed E-state index contributed by atoms with van der Waals surface area (Å²) in [5, 5.41) is 3.13. The highest BCUT2D eigenvalue weighted by Crippen LogP contribution is 2.37. The summed E-state index contributed by atoms with van der Waals surface area (Å²) in [4.78, 5) is 10.5. The van der Waals surface area contributed by atoms with E-state index in [1.165, 1.54) is 15.3 Å². The molecule has 4 rings (SSSR count). The van der Waals surface area contributed by atoms with Crippen molar-refractivity contribution in [1.82, 2.24) is 9.97 Å². The normalized spacial score (nSPS) is 18.7. The molecular formula is C14H13N3S2. The second-order valence-corrected chi connectivity index (χ2v) is 6.83. The highest BCUT2D eigenvalue weighted by Gasteiger charge is 2.22. The summed E-state index contributed by atoms with van der Waals surface area (Å²) in [6.45, 7) is 0. The number of rotatable bonds is 1. The van der Waals surface area contributed by atoms with Gasteiger partial charge in [0.2, 0.25) is 0 Å². The van der Waals surface area contributed by atoms with Gasteiger partial charge in [-0.25, -0.2) is 4.98 Å². The van der Waals surface area contributed by atoms with Crippen LogP contribution in [0.15, 0.2) is 23.7 Å². The molecular weight excluding hydrogens is 274 g/mol. The molecule has 1 aliphatic carbocycles. The van der Waals surface area contributed by atoms with Crippen LogP contribution < -0.4 is 5.73 Å². The standard InChI is InChI=1S/C14H13N3S2/c15-9-2-1-3-11-13(9)19-14(17-11)8-6-12-10(16-7-8)4-5-18-12/h4-7,9H,1-3,15H2. The van der Waals surface area contributed by atoms with E-state index in [2.05, 4.69) is 16.4 Å². The topological polar surface area (TPSA) is 51.8 Å². The van der Waals surface area contributed by atoms with Crippen LogP contribution in [0.5, 0.6) is 0 Å². The number of nitrogens with two attached hydrogens (primary N) is 1. The molecule has 5 heteroatoms. The van der Waals surface area contributed by atoms with Gasteiger partial charge in [-0.1, -0.05) is 0 Å². The average Bonchev–Trinajstić information content (AvgIpc) is 3.04. The predicted octanol–water partition coefficient (Wildman–Crippen LogP) is 3.76. The van der Waals surface area contributed by atoms with Crippen molar-refractivity contribution in [2.75, 3.05) is 0 Å². The van der Waals surface area contributed by atoms with Crippen LogP contribution in [0.4, 0.5) is 0 Å². The smallest absolute Gasteiger partial charge is 0.125 e. The molecule has 0 saturated heterocycles. The number of thiazole rings is 1. The van der Waals surface area contributed by atoms with Crippen LogP contribution in [0, 0.1) is 0 Å². The van der Waals surface area contributed by atoms with Gasteiger partial charge in [0.1, 0.15) is 5.01 Å². The predicted molar refractivity (Wildman–Crippen MR) is 80.6 cm³/mol. The number of fused-ring (bicyclic) bond motifs is 2. The van der Waals surface area contributed by atoms with Crippen molar-refractivity contribution >= 4 is 32.9 Å². The Morgan fingerprint density at radius 2 is 2.32 bits per heavy atom. The summed E-state index contributed by atoms with van der Waals surface area (Å²) < 4.78 is 1.22. The molecule has 0 radical (unpaired) electrons. The van der Waals surface area contributed by atoms with Crippen molar-refractivity contribution in [3.05, 3.63) is 34.3 Å². The molecule has 0 saturated carbocycles. The molecule has 1 unspecified atom stereocenters. The van der Waals surface area contributed by atoms with Crippen LogP contribution in [0.1, 0.15) is 29.5 Å². The maximum Gasteiger partial charge on any atom is 0.125 e. The van der Waals surface area contributed by atoms with E-state index >= 15 is 0 Å². The van der Waals surface area contributed by atoms with Crippen molar-refractivity contribution < 1.29 is 0 Å². The van der Waals surface area contributed by atoms with Crippen molar-refractivity contribution in [1.29, 1.82) is 0 Å². The summed E-state index contributed by atoms with van der Waals surface area (Å²) in [6.07, 6.45) is 5.22. The Balaban J connectivity index is 1.83. The highest BCUT2D eigenvalue weighted by molar-refractivity contribution is 7.17. The van der Waals surface area contributed by atoms with Crippen LogP contribution in [-0.4, -0.2) is 9.97 Å². The van der Waals surface area contributed by atoms with Crippen molar-refractivity contribution in [3.8, 4) is 10.6 Å². The van der Waals surface area contributed by atoms with Gasteiger partial charge in [0.15, 0.2) is 0 Å². The Morgan fingerprint density at radius 1 is 1.37 bits per heavy atom. The fourth-order valence-corrected chi connectivity index (χ4v) is 4.45. The fourth-order valence-electron chi connectivity index (χ4n) is 2.54. The molecule has 3 heterocycles. The molecule has 19 heavy (non-hydrogen) atoms. The Bertz CT molecular complexity index is 744. The van der Waals surface area contributed by atoms with E-state index in [0.29, 0.717) is 0 Å².